The van der Waals surface area contributed by atoms with E-state index in [0.717, 1.165) is 61.9 Å². The summed E-state index contributed by atoms with van der Waals surface area (Å²) in [4.78, 5) is 5.76. The SMILES string of the molecule is CN(CCCCc1c[nH]c2ccccc12)CCC[C@@]1(c2ccc(F)cc2)OCc2cc(C#N)ccc21. The lowest BCUT2D eigenvalue weighted by Gasteiger charge is -2.31. The van der Waals surface area contributed by atoms with Crippen molar-refractivity contribution in [3.63, 3.8) is 0 Å². The van der Waals surface area contributed by atoms with Crippen molar-refractivity contribution in [2.75, 3.05) is 20.1 Å². The molecule has 1 aliphatic heterocycles. The number of aromatic amines is 1. The third-order valence-electron chi connectivity index (χ3n) is 7.43. The van der Waals surface area contributed by atoms with E-state index in [9.17, 15) is 9.65 Å². The molecule has 5 rings (SSSR count). The highest BCUT2D eigenvalue weighted by atomic mass is 19.1. The van der Waals surface area contributed by atoms with Crippen LogP contribution in [0, 0.1) is 17.1 Å². The summed E-state index contributed by atoms with van der Waals surface area (Å²) in [5, 5.41) is 10.6. The van der Waals surface area contributed by atoms with Crippen LogP contribution in [0.25, 0.3) is 10.9 Å². The van der Waals surface area contributed by atoms with E-state index in [-0.39, 0.29) is 5.82 Å². The number of aromatic nitrogens is 1. The zero-order valence-electron chi connectivity index (χ0n) is 20.8. The van der Waals surface area contributed by atoms with Gasteiger partial charge in [0.25, 0.3) is 0 Å². The summed E-state index contributed by atoms with van der Waals surface area (Å²) in [6.07, 6.45) is 7.29. The Bertz CT molecular complexity index is 1370. The highest BCUT2D eigenvalue weighted by molar-refractivity contribution is 5.83. The Morgan fingerprint density at radius 3 is 2.67 bits per heavy atom. The highest BCUT2D eigenvalue weighted by Crippen LogP contribution is 2.45. The molecule has 0 amide bonds. The summed E-state index contributed by atoms with van der Waals surface area (Å²) in [5.74, 6) is -0.251. The van der Waals surface area contributed by atoms with Crippen molar-refractivity contribution in [2.24, 2.45) is 0 Å². The quantitative estimate of drug-likeness (QED) is 0.257. The van der Waals surface area contributed by atoms with Crippen LogP contribution in [0.2, 0.25) is 0 Å². The number of ether oxygens (including phenoxy) is 1. The first-order valence-corrected chi connectivity index (χ1v) is 12.8. The molecule has 0 spiro atoms. The Morgan fingerprint density at radius 1 is 1.03 bits per heavy atom. The second-order valence-electron chi connectivity index (χ2n) is 9.83. The zero-order chi connectivity index (χ0) is 25.0. The minimum atomic E-state index is -0.604. The van der Waals surface area contributed by atoms with E-state index in [0.29, 0.717) is 12.2 Å². The number of hydrogen-bond acceptors (Lipinski definition) is 3. The molecule has 0 fully saturated rings. The molecule has 184 valence electrons. The molecule has 1 N–H and O–H groups in total. The van der Waals surface area contributed by atoms with Crippen LogP contribution < -0.4 is 0 Å². The number of rotatable bonds is 10. The second-order valence-corrected chi connectivity index (χ2v) is 9.83. The lowest BCUT2D eigenvalue weighted by Crippen LogP contribution is -2.29. The van der Waals surface area contributed by atoms with Gasteiger partial charge >= 0.3 is 0 Å². The Labute approximate surface area is 212 Å². The van der Waals surface area contributed by atoms with Gasteiger partial charge in [-0.25, -0.2) is 4.39 Å². The monoisotopic (exact) mass is 481 g/mol. The summed E-state index contributed by atoms with van der Waals surface area (Å²) in [5.41, 5.74) is 5.74. The number of aryl methyl sites for hydroxylation is 1. The fourth-order valence-corrected chi connectivity index (χ4v) is 5.51. The van der Waals surface area contributed by atoms with E-state index in [2.05, 4.69) is 53.5 Å². The van der Waals surface area contributed by atoms with E-state index < -0.39 is 5.60 Å². The van der Waals surface area contributed by atoms with E-state index in [1.807, 2.05) is 30.3 Å². The molecule has 1 aliphatic rings. The number of unbranched alkanes of at least 4 members (excludes halogenated alkanes) is 1. The predicted molar refractivity (Wildman–Crippen MR) is 141 cm³/mol. The van der Waals surface area contributed by atoms with Crippen LogP contribution in [0.4, 0.5) is 4.39 Å². The topological polar surface area (TPSA) is 52.0 Å². The summed E-state index contributed by atoms with van der Waals surface area (Å²) in [6, 6.07) is 23.1. The van der Waals surface area contributed by atoms with Gasteiger partial charge in [0.15, 0.2) is 0 Å². The molecule has 1 atom stereocenters. The van der Waals surface area contributed by atoms with Gasteiger partial charge < -0.3 is 14.6 Å². The fourth-order valence-electron chi connectivity index (χ4n) is 5.51. The maximum atomic E-state index is 13.7. The Kier molecular flexibility index (Phi) is 7.18. The first-order chi connectivity index (χ1) is 17.6. The number of fused-ring (bicyclic) bond motifs is 2. The van der Waals surface area contributed by atoms with E-state index in [4.69, 9.17) is 4.74 Å². The molecule has 4 nitrogen and oxygen atoms in total. The number of nitriles is 1. The van der Waals surface area contributed by atoms with Gasteiger partial charge in [-0.3, -0.25) is 0 Å². The number of nitrogens with zero attached hydrogens (tertiary/aromatic N) is 2. The Morgan fingerprint density at radius 2 is 1.83 bits per heavy atom. The van der Waals surface area contributed by atoms with E-state index in [1.54, 1.807) is 0 Å². The normalized spacial score (nSPS) is 16.9. The maximum absolute atomic E-state index is 13.7. The molecular weight excluding hydrogens is 449 g/mol. The van der Waals surface area contributed by atoms with Gasteiger partial charge in [0.2, 0.25) is 0 Å². The lowest BCUT2D eigenvalue weighted by molar-refractivity contribution is -0.0142. The molecule has 36 heavy (non-hydrogen) atoms. The molecule has 0 radical (unpaired) electrons. The molecule has 0 aliphatic carbocycles. The first kappa shape index (κ1) is 24.2. The van der Waals surface area contributed by atoms with Crippen molar-refractivity contribution < 1.29 is 9.13 Å². The van der Waals surface area contributed by atoms with Gasteiger partial charge in [0.1, 0.15) is 11.4 Å². The van der Waals surface area contributed by atoms with Crippen molar-refractivity contribution in [1.29, 1.82) is 5.26 Å². The molecule has 1 aromatic heterocycles. The van der Waals surface area contributed by atoms with Crippen LogP contribution in [0.5, 0.6) is 0 Å². The number of hydrogen-bond donors (Lipinski definition) is 1. The van der Waals surface area contributed by atoms with Gasteiger partial charge in [-0.1, -0.05) is 36.4 Å². The summed E-state index contributed by atoms with van der Waals surface area (Å²) in [6.45, 7) is 2.48. The molecule has 5 heteroatoms. The Hall–Kier alpha value is -3.46. The molecule has 3 aromatic carbocycles. The highest BCUT2D eigenvalue weighted by Gasteiger charge is 2.41. The molecule has 4 aromatic rings. The average Bonchev–Trinajstić information content (AvgIpc) is 3.49. The van der Waals surface area contributed by atoms with Gasteiger partial charge in [0.05, 0.1) is 18.2 Å². The third kappa shape index (κ3) is 4.93. The van der Waals surface area contributed by atoms with Crippen LogP contribution in [-0.2, 0) is 23.4 Å². The lowest BCUT2D eigenvalue weighted by atomic mass is 9.81. The average molecular weight is 482 g/mol. The number of nitrogens with one attached hydrogen (secondary N) is 1. The van der Waals surface area contributed by atoms with Gasteiger partial charge in [-0.2, -0.15) is 5.26 Å². The number of benzene rings is 3. The van der Waals surface area contributed by atoms with Crippen LogP contribution in [-0.4, -0.2) is 30.0 Å². The predicted octanol–water partition coefficient (Wildman–Crippen LogP) is 6.69. The minimum absolute atomic E-state index is 0.251. The summed E-state index contributed by atoms with van der Waals surface area (Å²) in [7, 11) is 2.18. The number of para-hydroxylation sites is 1. The van der Waals surface area contributed by atoms with Crippen molar-refractivity contribution in [1.82, 2.24) is 9.88 Å². The van der Waals surface area contributed by atoms with Crippen molar-refractivity contribution in [3.05, 3.63) is 107 Å². The van der Waals surface area contributed by atoms with E-state index >= 15 is 0 Å². The summed E-state index contributed by atoms with van der Waals surface area (Å²) < 4.78 is 20.1. The smallest absolute Gasteiger partial charge is 0.123 e. The molecule has 0 unspecified atom stereocenters. The van der Waals surface area contributed by atoms with Crippen LogP contribution >= 0.6 is 0 Å². The van der Waals surface area contributed by atoms with Gasteiger partial charge in [-0.05, 0) is 105 Å². The van der Waals surface area contributed by atoms with Gasteiger partial charge in [-0.15, -0.1) is 0 Å². The maximum Gasteiger partial charge on any atom is 0.123 e. The largest absolute Gasteiger partial charge is 0.361 e. The van der Waals surface area contributed by atoms with Crippen LogP contribution in [0.3, 0.4) is 0 Å². The molecule has 0 saturated heterocycles. The minimum Gasteiger partial charge on any atom is -0.361 e. The third-order valence-corrected chi connectivity index (χ3v) is 7.43. The van der Waals surface area contributed by atoms with Crippen molar-refractivity contribution >= 4 is 10.9 Å². The van der Waals surface area contributed by atoms with Crippen molar-refractivity contribution in [3.8, 4) is 6.07 Å². The number of halogens is 1. The second kappa shape index (κ2) is 10.7. The number of H-pyrrole nitrogens is 1. The molecule has 0 bridgehead atoms. The fraction of sp³-hybridized carbons (Fsp3) is 0.323. The first-order valence-electron chi connectivity index (χ1n) is 12.8. The van der Waals surface area contributed by atoms with Gasteiger partial charge in [0, 0.05) is 17.1 Å². The molecule has 2 heterocycles. The molecular formula is C31H32FN3O. The molecule has 0 saturated carbocycles. The summed E-state index contributed by atoms with van der Waals surface area (Å²) >= 11 is 0. The van der Waals surface area contributed by atoms with Crippen molar-refractivity contribution in [2.45, 2.75) is 44.3 Å². The standard InChI is InChI=1S/C31H32FN3O/c1-35(17-5-4-7-24-21-34-30-9-3-2-8-28(24)30)18-6-16-31(26-11-13-27(32)14-12-26)29-15-10-23(20-33)19-25(29)22-36-31/h2-3,8-15,19,21,34H,4-7,16-18,22H2,1H3/t31-/m0/s1. The zero-order valence-corrected chi connectivity index (χ0v) is 20.8. The Balaban J connectivity index is 1.18. The van der Waals surface area contributed by atoms with E-state index in [1.165, 1.54) is 28.6 Å². The van der Waals surface area contributed by atoms with Crippen LogP contribution in [0.1, 0.15) is 53.5 Å². The van der Waals surface area contributed by atoms with Crippen LogP contribution in [0.15, 0.2) is 72.9 Å².